The van der Waals surface area contributed by atoms with Gasteiger partial charge in [-0.25, -0.2) is 0 Å². The molecule has 0 aromatic carbocycles. The highest BCUT2D eigenvalue weighted by Gasteiger charge is 2.32. The summed E-state index contributed by atoms with van der Waals surface area (Å²) in [6.07, 6.45) is 7.47. The van der Waals surface area contributed by atoms with Gasteiger partial charge >= 0.3 is 0 Å². The molecule has 1 N–H and O–H groups in total. The zero-order valence-corrected chi connectivity index (χ0v) is 7.29. The summed E-state index contributed by atoms with van der Waals surface area (Å²) in [7, 11) is 1.59. The van der Waals surface area contributed by atoms with Gasteiger partial charge in [-0.15, -0.1) is 0 Å². The van der Waals surface area contributed by atoms with E-state index in [-0.39, 0.29) is 0 Å². The average Bonchev–Trinajstić information content (AvgIpc) is 2.86. The van der Waals surface area contributed by atoms with Gasteiger partial charge in [-0.1, -0.05) is 6.08 Å². The third kappa shape index (κ3) is 1.33. The van der Waals surface area contributed by atoms with Gasteiger partial charge in [0.2, 0.25) is 0 Å². The molecule has 2 heteroatoms. The van der Waals surface area contributed by atoms with E-state index in [9.17, 15) is 5.11 Å². The quantitative estimate of drug-likeness (QED) is 0.682. The van der Waals surface area contributed by atoms with Gasteiger partial charge in [0, 0.05) is 6.42 Å². The highest BCUT2D eigenvalue weighted by molar-refractivity contribution is 5.23. The van der Waals surface area contributed by atoms with Crippen LogP contribution in [-0.4, -0.2) is 12.2 Å². The molecule has 66 valence electrons. The molecule has 0 bridgehead atoms. The Hall–Kier alpha value is -0.920. The number of hydrogen-bond donors (Lipinski definition) is 1. The Bertz CT molecular complexity index is 236. The summed E-state index contributed by atoms with van der Waals surface area (Å²) in [4.78, 5) is 0. The largest absolute Gasteiger partial charge is 0.508 e. The fraction of sp³-hybridized carbons (Fsp3) is 0.600. The average molecular weight is 166 g/mol. The lowest BCUT2D eigenvalue weighted by Gasteiger charge is -2.17. The van der Waals surface area contributed by atoms with Crippen LogP contribution in [-0.2, 0) is 4.74 Å². The Kier molecular flexibility index (Phi) is 1.83. The molecule has 0 heterocycles. The van der Waals surface area contributed by atoms with Crippen LogP contribution in [0.1, 0.15) is 19.3 Å². The van der Waals surface area contributed by atoms with Crippen LogP contribution in [0, 0.1) is 11.8 Å². The monoisotopic (exact) mass is 166 g/mol. The number of aliphatic hydroxyl groups is 1. The van der Waals surface area contributed by atoms with E-state index in [2.05, 4.69) is 6.08 Å². The molecule has 1 unspecified atom stereocenters. The van der Waals surface area contributed by atoms with Crippen molar-refractivity contribution in [3.05, 3.63) is 23.7 Å². The smallest absolute Gasteiger partial charge is 0.155 e. The van der Waals surface area contributed by atoms with Crippen LogP contribution >= 0.6 is 0 Å². The maximum absolute atomic E-state index is 9.52. The Labute approximate surface area is 72.5 Å². The molecule has 0 spiro atoms. The fourth-order valence-corrected chi connectivity index (χ4v) is 1.73. The number of rotatable bonds is 2. The van der Waals surface area contributed by atoms with Gasteiger partial charge in [0.25, 0.3) is 0 Å². The van der Waals surface area contributed by atoms with Crippen LogP contribution in [0.15, 0.2) is 23.7 Å². The van der Waals surface area contributed by atoms with Crippen molar-refractivity contribution >= 4 is 0 Å². The van der Waals surface area contributed by atoms with Gasteiger partial charge < -0.3 is 9.84 Å². The van der Waals surface area contributed by atoms with E-state index in [0.717, 1.165) is 12.3 Å². The predicted molar refractivity (Wildman–Crippen MR) is 46.6 cm³/mol. The Morgan fingerprint density at radius 3 is 2.75 bits per heavy atom. The first-order valence-corrected chi connectivity index (χ1v) is 4.45. The molecule has 0 aliphatic heterocycles. The molecule has 0 saturated heterocycles. The van der Waals surface area contributed by atoms with Crippen molar-refractivity contribution in [2.24, 2.45) is 11.8 Å². The summed E-state index contributed by atoms with van der Waals surface area (Å²) in [5, 5.41) is 9.52. The Morgan fingerprint density at radius 2 is 2.25 bits per heavy atom. The van der Waals surface area contributed by atoms with Gasteiger partial charge in [0.1, 0.15) is 5.76 Å². The van der Waals surface area contributed by atoms with Crippen LogP contribution in [0.2, 0.25) is 0 Å². The van der Waals surface area contributed by atoms with Crippen LogP contribution in [0.5, 0.6) is 0 Å². The first-order valence-electron chi connectivity index (χ1n) is 4.45. The Balaban J connectivity index is 2.05. The minimum atomic E-state index is 0.414. The fourth-order valence-electron chi connectivity index (χ4n) is 1.73. The van der Waals surface area contributed by atoms with Crippen LogP contribution in [0.4, 0.5) is 0 Å². The number of allylic oxidation sites excluding steroid dienone is 3. The van der Waals surface area contributed by atoms with E-state index in [1.807, 2.05) is 6.08 Å². The van der Waals surface area contributed by atoms with Crippen molar-refractivity contribution in [3.8, 4) is 0 Å². The topological polar surface area (TPSA) is 29.5 Å². The number of methoxy groups -OCH3 is 1. The van der Waals surface area contributed by atoms with Crippen molar-refractivity contribution in [1.29, 1.82) is 0 Å². The highest BCUT2D eigenvalue weighted by Crippen LogP contribution is 2.42. The van der Waals surface area contributed by atoms with Crippen LogP contribution in [0.25, 0.3) is 0 Å². The second kappa shape index (κ2) is 2.85. The van der Waals surface area contributed by atoms with Crippen molar-refractivity contribution in [3.63, 3.8) is 0 Å². The third-order valence-corrected chi connectivity index (χ3v) is 2.66. The summed E-state index contributed by atoms with van der Waals surface area (Å²) in [5.74, 6) is 2.43. The van der Waals surface area contributed by atoms with Crippen LogP contribution < -0.4 is 0 Å². The minimum absolute atomic E-state index is 0.414. The number of ether oxygens (including phenoxy) is 1. The molecule has 0 amide bonds. The molecule has 2 aliphatic carbocycles. The second-order valence-corrected chi connectivity index (χ2v) is 3.58. The maximum Gasteiger partial charge on any atom is 0.155 e. The third-order valence-electron chi connectivity index (χ3n) is 2.66. The highest BCUT2D eigenvalue weighted by atomic mass is 16.5. The van der Waals surface area contributed by atoms with Gasteiger partial charge in [-0.3, -0.25) is 0 Å². The lowest BCUT2D eigenvalue weighted by molar-refractivity contribution is 0.247. The van der Waals surface area contributed by atoms with Gasteiger partial charge in [-0.05, 0) is 30.8 Å². The second-order valence-electron chi connectivity index (χ2n) is 3.58. The normalized spacial score (nSPS) is 29.2. The van der Waals surface area contributed by atoms with Crippen molar-refractivity contribution < 1.29 is 9.84 Å². The van der Waals surface area contributed by atoms with Gasteiger partial charge in [0.05, 0.1) is 7.11 Å². The molecule has 0 aromatic rings. The Morgan fingerprint density at radius 1 is 1.50 bits per heavy atom. The van der Waals surface area contributed by atoms with E-state index in [1.54, 1.807) is 7.11 Å². The van der Waals surface area contributed by atoms with E-state index >= 15 is 0 Å². The van der Waals surface area contributed by atoms with Gasteiger partial charge in [-0.2, -0.15) is 0 Å². The van der Waals surface area contributed by atoms with E-state index < -0.39 is 0 Å². The lowest BCUT2D eigenvalue weighted by Crippen LogP contribution is -2.07. The summed E-state index contributed by atoms with van der Waals surface area (Å²) in [6, 6.07) is 0. The molecule has 1 fully saturated rings. The minimum Gasteiger partial charge on any atom is -0.508 e. The molecular formula is C10H14O2. The molecule has 2 rings (SSSR count). The zero-order valence-electron chi connectivity index (χ0n) is 7.29. The molecule has 0 aromatic heterocycles. The van der Waals surface area contributed by atoms with E-state index in [1.165, 1.54) is 12.8 Å². The molecular weight excluding hydrogens is 152 g/mol. The zero-order chi connectivity index (χ0) is 8.55. The van der Waals surface area contributed by atoms with Crippen molar-refractivity contribution in [2.75, 3.05) is 7.11 Å². The number of aliphatic hydroxyl groups excluding tert-OH is 1. The molecule has 2 aliphatic rings. The van der Waals surface area contributed by atoms with Gasteiger partial charge in [0.15, 0.2) is 5.76 Å². The first kappa shape index (κ1) is 7.71. The summed E-state index contributed by atoms with van der Waals surface area (Å²) < 4.78 is 4.99. The molecule has 2 nitrogen and oxygen atoms in total. The predicted octanol–water partition coefficient (Wildman–Crippen LogP) is 2.39. The van der Waals surface area contributed by atoms with Crippen molar-refractivity contribution in [2.45, 2.75) is 19.3 Å². The molecule has 1 saturated carbocycles. The molecule has 12 heavy (non-hydrogen) atoms. The standard InChI is InChI=1S/C10H14O2/c1-12-10-5-4-8(6-9(10)11)7-2-3-7/h4-5,7-8,11H,2-3,6H2,1H3. The first-order chi connectivity index (χ1) is 5.81. The summed E-state index contributed by atoms with van der Waals surface area (Å²) in [5.41, 5.74) is 0. The molecule has 0 radical (unpaired) electrons. The van der Waals surface area contributed by atoms with E-state index in [4.69, 9.17) is 4.74 Å². The number of hydrogen-bond acceptors (Lipinski definition) is 2. The summed E-state index contributed by atoms with van der Waals surface area (Å²) in [6.45, 7) is 0. The van der Waals surface area contributed by atoms with Crippen molar-refractivity contribution in [1.82, 2.24) is 0 Å². The maximum atomic E-state index is 9.52. The van der Waals surface area contributed by atoms with E-state index in [0.29, 0.717) is 17.4 Å². The lowest BCUT2D eigenvalue weighted by atomic mass is 9.94. The SMILES string of the molecule is COC1=C(O)CC(C2CC2)C=C1. The summed E-state index contributed by atoms with van der Waals surface area (Å²) >= 11 is 0. The van der Waals surface area contributed by atoms with Crippen LogP contribution in [0.3, 0.4) is 0 Å². The molecule has 1 atom stereocenters.